The highest BCUT2D eigenvalue weighted by Gasteiger charge is 2.08. The van der Waals surface area contributed by atoms with Crippen LogP contribution < -0.4 is 5.32 Å². The summed E-state index contributed by atoms with van der Waals surface area (Å²) in [7, 11) is 0. The normalized spacial score (nSPS) is 15.7. The van der Waals surface area contributed by atoms with Gasteiger partial charge in [0.1, 0.15) is 11.5 Å². The molecule has 3 heteroatoms. The Morgan fingerprint density at radius 3 is 2.62 bits per heavy atom. The number of hydrogen-bond acceptors (Lipinski definition) is 3. The van der Waals surface area contributed by atoms with Crippen LogP contribution in [0.2, 0.25) is 0 Å². The Balaban J connectivity index is 2.35. The van der Waals surface area contributed by atoms with Crippen molar-refractivity contribution in [3.63, 3.8) is 0 Å². The Morgan fingerprint density at radius 1 is 1.46 bits per heavy atom. The topological polar surface area (TPSA) is 45.4 Å². The summed E-state index contributed by atoms with van der Waals surface area (Å²) < 4.78 is 5.37. The van der Waals surface area contributed by atoms with Crippen LogP contribution in [0.4, 0.5) is 0 Å². The molecule has 2 N–H and O–H groups in total. The molecule has 3 nitrogen and oxygen atoms in total. The van der Waals surface area contributed by atoms with Crippen LogP contribution in [-0.2, 0) is 6.54 Å². The van der Waals surface area contributed by atoms with Gasteiger partial charge in [-0.2, -0.15) is 0 Å². The van der Waals surface area contributed by atoms with E-state index in [4.69, 9.17) is 4.42 Å². The van der Waals surface area contributed by atoms with Crippen LogP contribution >= 0.6 is 0 Å². The van der Waals surface area contributed by atoms with E-state index in [-0.39, 0.29) is 12.1 Å². The maximum Gasteiger partial charge on any atom is 0.117 e. The molecule has 13 heavy (non-hydrogen) atoms. The van der Waals surface area contributed by atoms with Gasteiger partial charge in [-0.05, 0) is 32.9 Å². The lowest BCUT2D eigenvalue weighted by Crippen LogP contribution is -2.34. The summed E-state index contributed by atoms with van der Waals surface area (Å²) in [5, 5.41) is 12.4. The lowest BCUT2D eigenvalue weighted by atomic mass is 10.2. The maximum absolute atomic E-state index is 9.21. The van der Waals surface area contributed by atoms with E-state index in [9.17, 15) is 5.11 Å². The Morgan fingerprint density at radius 2 is 2.15 bits per heavy atom. The van der Waals surface area contributed by atoms with E-state index in [0.29, 0.717) is 6.54 Å². The van der Waals surface area contributed by atoms with Crippen molar-refractivity contribution in [3.05, 3.63) is 23.7 Å². The number of furan rings is 1. The van der Waals surface area contributed by atoms with Crippen molar-refractivity contribution in [2.45, 2.75) is 39.5 Å². The van der Waals surface area contributed by atoms with Gasteiger partial charge in [0.25, 0.3) is 0 Å². The van der Waals surface area contributed by atoms with Crippen molar-refractivity contribution in [1.82, 2.24) is 5.32 Å². The van der Waals surface area contributed by atoms with Crippen molar-refractivity contribution in [2.75, 3.05) is 0 Å². The highest BCUT2D eigenvalue weighted by molar-refractivity contribution is 5.05. The molecular formula is C10H17NO2. The number of rotatable bonds is 4. The second kappa shape index (κ2) is 4.44. The van der Waals surface area contributed by atoms with Gasteiger partial charge in [-0.25, -0.2) is 0 Å². The first-order valence-corrected chi connectivity index (χ1v) is 4.56. The van der Waals surface area contributed by atoms with Gasteiger partial charge in [-0.1, -0.05) is 0 Å². The van der Waals surface area contributed by atoms with Crippen LogP contribution in [0.3, 0.4) is 0 Å². The molecule has 0 bridgehead atoms. The third-order valence-corrected chi connectivity index (χ3v) is 2.12. The number of aryl methyl sites for hydroxylation is 1. The lowest BCUT2D eigenvalue weighted by molar-refractivity contribution is 0.151. The number of hydrogen-bond donors (Lipinski definition) is 2. The summed E-state index contributed by atoms with van der Waals surface area (Å²) in [5.74, 6) is 1.83. The zero-order valence-corrected chi connectivity index (χ0v) is 8.37. The van der Waals surface area contributed by atoms with Crippen molar-refractivity contribution < 1.29 is 9.52 Å². The third-order valence-electron chi connectivity index (χ3n) is 2.12. The molecule has 0 aliphatic heterocycles. The van der Waals surface area contributed by atoms with E-state index >= 15 is 0 Å². The first kappa shape index (κ1) is 10.3. The van der Waals surface area contributed by atoms with Crippen LogP contribution in [0.5, 0.6) is 0 Å². The molecular weight excluding hydrogens is 166 g/mol. The van der Waals surface area contributed by atoms with Gasteiger partial charge in [0.05, 0.1) is 12.6 Å². The smallest absolute Gasteiger partial charge is 0.117 e. The second-order valence-electron chi connectivity index (χ2n) is 3.42. The summed E-state index contributed by atoms with van der Waals surface area (Å²) in [5.41, 5.74) is 0. The SMILES string of the molecule is Cc1ccc(CNC(C)C(C)O)o1. The van der Waals surface area contributed by atoms with Crippen LogP contribution in [0, 0.1) is 6.92 Å². The zero-order chi connectivity index (χ0) is 9.84. The van der Waals surface area contributed by atoms with E-state index < -0.39 is 0 Å². The molecule has 0 aliphatic rings. The summed E-state index contributed by atoms with van der Waals surface area (Å²) in [6.45, 7) is 6.30. The Bertz CT molecular complexity index is 255. The van der Waals surface area contributed by atoms with Gasteiger partial charge in [0.2, 0.25) is 0 Å². The fourth-order valence-corrected chi connectivity index (χ4v) is 1.01. The van der Waals surface area contributed by atoms with E-state index in [2.05, 4.69) is 5.32 Å². The predicted octanol–water partition coefficient (Wildman–Crippen LogP) is 1.45. The average Bonchev–Trinajstić information content (AvgIpc) is 2.47. The monoisotopic (exact) mass is 183 g/mol. The van der Waals surface area contributed by atoms with Crippen molar-refractivity contribution in [3.8, 4) is 0 Å². The minimum atomic E-state index is -0.337. The second-order valence-corrected chi connectivity index (χ2v) is 3.42. The maximum atomic E-state index is 9.21. The highest BCUT2D eigenvalue weighted by Crippen LogP contribution is 2.06. The molecule has 2 unspecified atom stereocenters. The molecule has 1 aromatic rings. The number of aliphatic hydroxyl groups is 1. The van der Waals surface area contributed by atoms with Gasteiger partial charge < -0.3 is 14.8 Å². The van der Waals surface area contributed by atoms with Crippen LogP contribution in [0.1, 0.15) is 25.4 Å². The molecule has 0 amide bonds. The van der Waals surface area contributed by atoms with E-state index in [1.165, 1.54) is 0 Å². The molecule has 1 aromatic heterocycles. The van der Waals surface area contributed by atoms with Crippen molar-refractivity contribution >= 4 is 0 Å². The van der Waals surface area contributed by atoms with Gasteiger partial charge in [0, 0.05) is 6.04 Å². The summed E-state index contributed by atoms with van der Waals surface area (Å²) in [4.78, 5) is 0. The molecule has 0 fully saturated rings. The van der Waals surface area contributed by atoms with Gasteiger partial charge in [-0.15, -0.1) is 0 Å². The fourth-order valence-electron chi connectivity index (χ4n) is 1.01. The molecule has 0 aliphatic carbocycles. The van der Waals surface area contributed by atoms with Crippen molar-refractivity contribution in [2.24, 2.45) is 0 Å². The Kier molecular flexibility index (Phi) is 3.51. The lowest BCUT2D eigenvalue weighted by Gasteiger charge is -2.15. The van der Waals surface area contributed by atoms with Gasteiger partial charge in [0.15, 0.2) is 0 Å². The molecule has 2 atom stereocenters. The number of aliphatic hydroxyl groups excluding tert-OH is 1. The van der Waals surface area contributed by atoms with E-state index in [1.807, 2.05) is 26.0 Å². The average molecular weight is 183 g/mol. The summed E-state index contributed by atoms with van der Waals surface area (Å²) in [6.07, 6.45) is -0.337. The number of nitrogens with one attached hydrogen (secondary N) is 1. The van der Waals surface area contributed by atoms with Crippen LogP contribution in [-0.4, -0.2) is 17.3 Å². The van der Waals surface area contributed by atoms with Gasteiger partial charge >= 0.3 is 0 Å². The molecule has 1 rings (SSSR count). The first-order chi connectivity index (χ1) is 6.09. The molecule has 0 saturated carbocycles. The molecule has 0 aromatic carbocycles. The Labute approximate surface area is 78.8 Å². The molecule has 74 valence electrons. The molecule has 0 radical (unpaired) electrons. The minimum absolute atomic E-state index is 0.0883. The largest absolute Gasteiger partial charge is 0.465 e. The predicted molar refractivity (Wildman–Crippen MR) is 51.4 cm³/mol. The highest BCUT2D eigenvalue weighted by atomic mass is 16.3. The fraction of sp³-hybridized carbons (Fsp3) is 0.600. The first-order valence-electron chi connectivity index (χ1n) is 4.56. The van der Waals surface area contributed by atoms with Crippen LogP contribution in [0.25, 0.3) is 0 Å². The van der Waals surface area contributed by atoms with E-state index in [1.54, 1.807) is 6.92 Å². The molecule has 0 saturated heterocycles. The van der Waals surface area contributed by atoms with Crippen molar-refractivity contribution in [1.29, 1.82) is 0 Å². The van der Waals surface area contributed by atoms with Gasteiger partial charge in [-0.3, -0.25) is 0 Å². The third kappa shape index (κ3) is 3.20. The quantitative estimate of drug-likeness (QED) is 0.742. The minimum Gasteiger partial charge on any atom is -0.465 e. The standard InChI is InChI=1S/C10H17NO2/c1-7-4-5-10(13-7)6-11-8(2)9(3)12/h4-5,8-9,11-12H,6H2,1-3H3. The zero-order valence-electron chi connectivity index (χ0n) is 8.37. The summed E-state index contributed by atoms with van der Waals surface area (Å²) in [6, 6.07) is 3.96. The van der Waals surface area contributed by atoms with E-state index in [0.717, 1.165) is 11.5 Å². The Hall–Kier alpha value is -0.800. The molecule has 0 spiro atoms. The van der Waals surface area contributed by atoms with Crippen LogP contribution in [0.15, 0.2) is 16.5 Å². The molecule has 1 heterocycles. The summed E-state index contributed by atoms with van der Waals surface area (Å²) >= 11 is 0.